The third-order valence-electron chi connectivity index (χ3n) is 2.71. The van der Waals surface area contributed by atoms with Gasteiger partial charge in [0.25, 0.3) is 0 Å². The van der Waals surface area contributed by atoms with Gasteiger partial charge in [-0.3, -0.25) is 4.90 Å². The van der Waals surface area contributed by atoms with Crippen molar-refractivity contribution in [3.05, 3.63) is 35.8 Å². The fraction of sp³-hybridized carbons (Fsp3) is 0.571. The Kier molecular flexibility index (Phi) is 6.01. The van der Waals surface area contributed by atoms with Gasteiger partial charge >= 0.3 is 0 Å². The Morgan fingerprint density at radius 3 is 2.82 bits per heavy atom. The minimum Gasteiger partial charge on any atom is -0.468 e. The standard InChI is InChI=1S/C14H24N2O/c1-5-15-9-14-13(7-8-17-14)11-16(6-2)10-12(3)4/h7-8,15H,3,5-6,9-11H2,1-2,4H3. The summed E-state index contributed by atoms with van der Waals surface area (Å²) in [6.07, 6.45) is 1.77. The van der Waals surface area contributed by atoms with Crippen molar-refractivity contribution in [3.63, 3.8) is 0 Å². The highest BCUT2D eigenvalue weighted by Crippen LogP contribution is 2.13. The maximum absolute atomic E-state index is 5.51. The van der Waals surface area contributed by atoms with E-state index in [0.29, 0.717) is 0 Å². The molecule has 1 aromatic heterocycles. The fourth-order valence-electron chi connectivity index (χ4n) is 1.80. The second-order valence-corrected chi connectivity index (χ2v) is 4.41. The number of rotatable bonds is 8. The number of hydrogen-bond donors (Lipinski definition) is 1. The van der Waals surface area contributed by atoms with Crippen LogP contribution < -0.4 is 5.32 Å². The van der Waals surface area contributed by atoms with E-state index in [9.17, 15) is 0 Å². The molecule has 1 heterocycles. The first-order chi connectivity index (χ1) is 8.17. The quantitative estimate of drug-likeness (QED) is 0.704. The lowest BCUT2D eigenvalue weighted by molar-refractivity contribution is 0.301. The third-order valence-corrected chi connectivity index (χ3v) is 2.71. The molecule has 0 spiro atoms. The van der Waals surface area contributed by atoms with E-state index in [2.05, 4.69) is 43.6 Å². The molecule has 0 amide bonds. The van der Waals surface area contributed by atoms with E-state index in [0.717, 1.165) is 38.5 Å². The van der Waals surface area contributed by atoms with Crippen molar-refractivity contribution in [1.82, 2.24) is 10.2 Å². The summed E-state index contributed by atoms with van der Waals surface area (Å²) in [6.45, 7) is 15.0. The van der Waals surface area contributed by atoms with Gasteiger partial charge in [0.1, 0.15) is 5.76 Å². The predicted molar refractivity (Wildman–Crippen MR) is 71.9 cm³/mol. The number of likely N-dealkylation sites (N-methyl/N-ethyl adjacent to an activating group) is 1. The Morgan fingerprint density at radius 2 is 2.24 bits per heavy atom. The van der Waals surface area contributed by atoms with Crippen LogP contribution in [-0.2, 0) is 13.1 Å². The topological polar surface area (TPSA) is 28.4 Å². The first-order valence-electron chi connectivity index (χ1n) is 6.30. The van der Waals surface area contributed by atoms with E-state index in [1.807, 2.05) is 0 Å². The average Bonchev–Trinajstić information content (AvgIpc) is 2.72. The lowest BCUT2D eigenvalue weighted by atomic mass is 10.2. The zero-order valence-corrected chi connectivity index (χ0v) is 11.3. The lowest BCUT2D eigenvalue weighted by Gasteiger charge is -2.20. The predicted octanol–water partition coefficient (Wildman–Crippen LogP) is 2.79. The summed E-state index contributed by atoms with van der Waals surface area (Å²) in [5.41, 5.74) is 2.47. The van der Waals surface area contributed by atoms with Crippen LogP contribution in [0.15, 0.2) is 28.9 Å². The van der Waals surface area contributed by atoms with Gasteiger partial charge in [0.05, 0.1) is 12.8 Å². The van der Waals surface area contributed by atoms with Gasteiger partial charge < -0.3 is 9.73 Å². The van der Waals surface area contributed by atoms with E-state index in [1.165, 1.54) is 11.1 Å². The molecule has 17 heavy (non-hydrogen) atoms. The highest BCUT2D eigenvalue weighted by molar-refractivity contribution is 5.17. The second-order valence-electron chi connectivity index (χ2n) is 4.41. The lowest BCUT2D eigenvalue weighted by Crippen LogP contribution is -2.25. The summed E-state index contributed by atoms with van der Waals surface area (Å²) >= 11 is 0. The Balaban J connectivity index is 2.59. The average molecular weight is 236 g/mol. The van der Waals surface area contributed by atoms with E-state index >= 15 is 0 Å². The van der Waals surface area contributed by atoms with Crippen LogP contribution in [0.4, 0.5) is 0 Å². The van der Waals surface area contributed by atoms with Gasteiger partial charge in [-0.25, -0.2) is 0 Å². The maximum Gasteiger partial charge on any atom is 0.122 e. The molecule has 0 bridgehead atoms. The third kappa shape index (κ3) is 4.75. The van der Waals surface area contributed by atoms with Crippen LogP contribution in [0.3, 0.4) is 0 Å². The summed E-state index contributed by atoms with van der Waals surface area (Å²) in [5, 5.41) is 3.29. The first-order valence-corrected chi connectivity index (χ1v) is 6.30. The summed E-state index contributed by atoms with van der Waals surface area (Å²) in [5.74, 6) is 1.05. The van der Waals surface area contributed by atoms with Gasteiger partial charge in [-0.1, -0.05) is 26.0 Å². The molecule has 0 unspecified atom stereocenters. The molecule has 1 rings (SSSR count). The number of hydrogen-bond acceptors (Lipinski definition) is 3. The fourth-order valence-corrected chi connectivity index (χ4v) is 1.80. The largest absolute Gasteiger partial charge is 0.468 e. The van der Waals surface area contributed by atoms with Crippen molar-refractivity contribution in [1.29, 1.82) is 0 Å². The van der Waals surface area contributed by atoms with Crippen molar-refractivity contribution in [2.75, 3.05) is 19.6 Å². The van der Waals surface area contributed by atoms with Gasteiger partial charge in [0.15, 0.2) is 0 Å². The number of furan rings is 1. The first kappa shape index (κ1) is 14.0. The van der Waals surface area contributed by atoms with E-state index in [-0.39, 0.29) is 0 Å². The van der Waals surface area contributed by atoms with Gasteiger partial charge in [-0.2, -0.15) is 0 Å². The minimum atomic E-state index is 0.809. The van der Waals surface area contributed by atoms with Crippen molar-refractivity contribution in [2.24, 2.45) is 0 Å². The van der Waals surface area contributed by atoms with Crippen LogP contribution in [0.1, 0.15) is 32.1 Å². The molecule has 0 fully saturated rings. The monoisotopic (exact) mass is 236 g/mol. The molecule has 3 nitrogen and oxygen atoms in total. The van der Waals surface area contributed by atoms with Gasteiger partial charge in [-0.15, -0.1) is 0 Å². The zero-order valence-electron chi connectivity index (χ0n) is 11.3. The van der Waals surface area contributed by atoms with Crippen molar-refractivity contribution in [3.8, 4) is 0 Å². The maximum atomic E-state index is 5.51. The van der Waals surface area contributed by atoms with Crippen LogP contribution in [0.25, 0.3) is 0 Å². The van der Waals surface area contributed by atoms with Gasteiger partial charge in [0.2, 0.25) is 0 Å². The molecular weight excluding hydrogens is 212 g/mol. The highest BCUT2D eigenvalue weighted by Gasteiger charge is 2.10. The molecule has 0 saturated heterocycles. The van der Waals surface area contributed by atoms with Crippen LogP contribution in [0, 0.1) is 0 Å². The van der Waals surface area contributed by atoms with E-state index in [1.54, 1.807) is 6.26 Å². The minimum absolute atomic E-state index is 0.809. The Labute approximate surface area is 104 Å². The van der Waals surface area contributed by atoms with Gasteiger partial charge in [0, 0.05) is 18.7 Å². The summed E-state index contributed by atoms with van der Waals surface area (Å²) in [7, 11) is 0. The smallest absolute Gasteiger partial charge is 0.122 e. The SMILES string of the molecule is C=C(C)CN(CC)Cc1ccoc1CNCC. The molecule has 1 aromatic rings. The molecule has 0 aliphatic heterocycles. The Bertz CT molecular complexity index is 344. The molecular formula is C14H24N2O. The Hall–Kier alpha value is -1.06. The molecule has 0 radical (unpaired) electrons. The summed E-state index contributed by atoms with van der Waals surface area (Å²) in [4.78, 5) is 2.36. The molecule has 0 saturated carbocycles. The Morgan fingerprint density at radius 1 is 1.47 bits per heavy atom. The van der Waals surface area contributed by atoms with Crippen LogP contribution >= 0.6 is 0 Å². The molecule has 0 aliphatic rings. The van der Waals surface area contributed by atoms with Crippen molar-refractivity contribution >= 4 is 0 Å². The summed E-state index contributed by atoms with van der Waals surface area (Å²) < 4.78 is 5.51. The molecule has 96 valence electrons. The van der Waals surface area contributed by atoms with Crippen LogP contribution in [-0.4, -0.2) is 24.5 Å². The molecule has 0 aliphatic carbocycles. The molecule has 3 heteroatoms. The van der Waals surface area contributed by atoms with Crippen molar-refractivity contribution in [2.45, 2.75) is 33.9 Å². The van der Waals surface area contributed by atoms with E-state index < -0.39 is 0 Å². The normalized spacial score (nSPS) is 11.1. The number of nitrogens with zero attached hydrogens (tertiary/aromatic N) is 1. The number of nitrogens with one attached hydrogen (secondary N) is 1. The molecule has 1 N–H and O–H groups in total. The van der Waals surface area contributed by atoms with Crippen LogP contribution in [0.2, 0.25) is 0 Å². The molecule has 0 atom stereocenters. The van der Waals surface area contributed by atoms with Crippen LogP contribution in [0.5, 0.6) is 0 Å². The zero-order chi connectivity index (χ0) is 12.7. The van der Waals surface area contributed by atoms with E-state index in [4.69, 9.17) is 4.42 Å². The highest BCUT2D eigenvalue weighted by atomic mass is 16.3. The summed E-state index contributed by atoms with van der Waals surface area (Å²) in [6, 6.07) is 2.06. The molecule has 0 aromatic carbocycles. The van der Waals surface area contributed by atoms with Gasteiger partial charge in [-0.05, 0) is 26.1 Å². The van der Waals surface area contributed by atoms with Crippen molar-refractivity contribution < 1.29 is 4.42 Å². The second kappa shape index (κ2) is 7.30.